The van der Waals surface area contributed by atoms with Crippen molar-refractivity contribution in [1.29, 1.82) is 0 Å². The Morgan fingerprint density at radius 1 is 1.35 bits per heavy atom. The van der Waals surface area contributed by atoms with Gasteiger partial charge in [0.15, 0.2) is 0 Å². The fourth-order valence-electron chi connectivity index (χ4n) is 1.80. The Hall–Kier alpha value is -1.20. The third-order valence-corrected chi connectivity index (χ3v) is 3.57. The summed E-state index contributed by atoms with van der Waals surface area (Å²) in [6, 6.07) is 4.83. The number of hydrogen-bond donors (Lipinski definition) is 1. The van der Waals surface area contributed by atoms with Gasteiger partial charge in [0.25, 0.3) is 10.1 Å². The van der Waals surface area contributed by atoms with E-state index in [-0.39, 0.29) is 17.1 Å². The van der Waals surface area contributed by atoms with Crippen LogP contribution in [-0.2, 0) is 21.3 Å². The molecule has 1 rings (SSSR count). The van der Waals surface area contributed by atoms with Gasteiger partial charge in [0.05, 0.1) is 0 Å². The van der Waals surface area contributed by atoms with E-state index in [4.69, 9.17) is 4.55 Å². The maximum absolute atomic E-state index is 11.5. The molecule has 0 heterocycles. The number of hydrogen-bond acceptors (Lipinski definition) is 3. The predicted molar refractivity (Wildman–Crippen MR) is 64.6 cm³/mol. The lowest BCUT2D eigenvalue weighted by Gasteiger charge is -2.09. The van der Waals surface area contributed by atoms with Crippen LogP contribution >= 0.6 is 0 Å². The highest BCUT2D eigenvalue weighted by atomic mass is 32.2. The van der Waals surface area contributed by atoms with Gasteiger partial charge in [0.2, 0.25) is 0 Å². The van der Waals surface area contributed by atoms with Crippen molar-refractivity contribution >= 4 is 15.9 Å². The Bertz CT molecular complexity index is 517. The highest BCUT2D eigenvalue weighted by molar-refractivity contribution is 7.86. The first-order valence-corrected chi connectivity index (χ1v) is 6.88. The zero-order chi connectivity index (χ0) is 13.1. The van der Waals surface area contributed by atoms with Crippen molar-refractivity contribution in [3.05, 3.63) is 29.3 Å². The summed E-state index contributed by atoms with van der Waals surface area (Å²) < 4.78 is 31.7. The molecule has 1 N–H and O–H groups in total. The van der Waals surface area contributed by atoms with Gasteiger partial charge in [-0.05, 0) is 24.5 Å². The Labute approximate surface area is 101 Å². The predicted octanol–water partition coefficient (Wildman–Crippen LogP) is 2.15. The number of benzene rings is 1. The zero-order valence-electron chi connectivity index (χ0n) is 9.93. The Morgan fingerprint density at radius 3 is 2.53 bits per heavy atom. The van der Waals surface area contributed by atoms with Crippen LogP contribution in [0.15, 0.2) is 23.1 Å². The summed E-state index contributed by atoms with van der Waals surface area (Å²) in [5.74, 6) is -0.0250. The highest BCUT2D eigenvalue weighted by Crippen LogP contribution is 2.21. The molecule has 0 aliphatic heterocycles. The van der Waals surface area contributed by atoms with Crippen LogP contribution in [0.4, 0.5) is 0 Å². The van der Waals surface area contributed by atoms with Crippen LogP contribution in [0.3, 0.4) is 0 Å². The molecule has 0 radical (unpaired) electrons. The number of aryl methyl sites for hydroxylation is 1. The lowest BCUT2D eigenvalue weighted by Crippen LogP contribution is -2.10. The number of carbonyl (C=O) groups excluding carboxylic acids is 1. The topological polar surface area (TPSA) is 71.4 Å². The summed E-state index contributed by atoms with van der Waals surface area (Å²) in [5, 5.41) is 0. The molecule has 4 nitrogen and oxygen atoms in total. The van der Waals surface area contributed by atoms with Crippen molar-refractivity contribution in [2.45, 2.75) is 38.0 Å². The molecule has 0 fully saturated rings. The minimum atomic E-state index is -4.28. The van der Waals surface area contributed by atoms with Gasteiger partial charge in [-0.3, -0.25) is 9.35 Å². The summed E-state index contributed by atoms with van der Waals surface area (Å²) in [7, 11) is -4.28. The fraction of sp³-hybridized carbons (Fsp3) is 0.417. The molecular formula is C12H16O4S. The van der Waals surface area contributed by atoms with E-state index in [1.165, 1.54) is 0 Å². The number of ketones is 1. The monoisotopic (exact) mass is 256 g/mol. The summed E-state index contributed by atoms with van der Waals surface area (Å²) >= 11 is 0. The summed E-state index contributed by atoms with van der Waals surface area (Å²) in [6.45, 7) is 3.48. The SMILES string of the molecule is CCCC(=O)Cc1cccc(C)c1S(=O)(=O)O. The number of carbonyl (C=O) groups is 1. The first-order valence-electron chi connectivity index (χ1n) is 5.44. The van der Waals surface area contributed by atoms with Crippen LogP contribution in [-0.4, -0.2) is 18.8 Å². The van der Waals surface area contributed by atoms with E-state index in [1.807, 2.05) is 6.92 Å². The van der Waals surface area contributed by atoms with E-state index in [0.29, 0.717) is 17.5 Å². The van der Waals surface area contributed by atoms with E-state index < -0.39 is 10.1 Å². The summed E-state index contributed by atoms with van der Waals surface area (Å²) in [4.78, 5) is 11.4. The third kappa shape index (κ3) is 3.64. The van der Waals surface area contributed by atoms with Crippen molar-refractivity contribution in [1.82, 2.24) is 0 Å². The van der Waals surface area contributed by atoms with Crippen molar-refractivity contribution in [2.75, 3.05) is 0 Å². The Balaban J connectivity index is 3.17. The average Bonchev–Trinajstić information content (AvgIpc) is 2.15. The smallest absolute Gasteiger partial charge is 0.295 e. The lowest BCUT2D eigenvalue weighted by molar-refractivity contribution is -0.118. The van der Waals surface area contributed by atoms with Crippen molar-refractivity contribution in [3.8, 4) is 0 Å². The van der Waals surface area contributed by atoms with E-state index in [2.05, 4.69) is 0 Å². The molecule has 0 bridgehead atoms. The first-order chi connectivity index (χ1) is 7.86. The van der Waals surface area contributed by atoms with E-state index in [0.717, 1.165) is 6.42 Å². The van der Waals surface area contributed by atoms with Gasteiger partial charge >= 0.3 is 0 Å². The summed E-state index contributed by atoms with van der Waals surface area (Å²) in [6.07, 6.45) is 1.19. The molecular weight excluding hydrogens is 240 g/mol. The third-order valence-electron chi connectivity index (χ3n) is 2.47. The van der Waals surface area contributed by atoms with Crippen molar-refractivity contribution in [3.63, 3.8) is 0 Å². The highest BCUT2D eigenvalue weighted by Gasteiger charge is 2.19. The van der Waals surface area contributed by atoms with Gasteiger partial charge < -0.3 is 0 Å². The largest absolute Gasteiger partial charge is 0.299 e. The average molecular weight is 256 g/mol. The second-order valence-electron chi connectivity index (χ2n) is 4.00. The maximum atomic E-state index is 11.5. The van der Waals surface area contributed by atoms with E-state index in [1.54, 1.807) is 25.1 Å². The van der Waals surface area contributed by atoms with E-state index in [9.17, 15) is 13.2 Å². The minimum absolute atomic E-state index is 0.0250. The van der Waals surface area contributed by atoms with Gasteiger partial charge in [-0.2, -0.15) is 8.42 Å². The van der Waals surface area contributed by atoms with E-state index >= 15 is 0 Å². The molecule has 1 aromatic carbocycles. The number of Topliss-reactive ketones (excluding diaryl/α,β-unsaturated/α-hetero) is 1. The molecule has 17 heavy (non-hydrogen) atoms. The molecule has 0 aliphatic rings. The van der Waals surface area contributed by atoms with Gasteiger partial charge in [0.1, 0.15) is 10.7 Å². The van der Waals surface area contributed by atoms with Crippen LogP contribution < -0.4 is 0 Å². The van der Waals surface area contributed by atoms with Gasteiger partial charge in [-0.25, -0.2) is 0 Å². The normalized spacial score (nSPS) is 11.5. The molecule has 0 atom stereocenters. The molecule has 0 unspecified atom stereocenters. The molecule has 5 heteroatoms. The molecule has 0 saturated carbocycles. The second-order valence-corrected chi connectivity index (χ2v) is 5.36. The van der Waals surface area contributed by atoms with Crippen LogP contribution in [0.25, 0.3) is 0 Å². The minimum Gasteiger partial charge on any atom is -0.299 e. The lowest BCUT2D eigenvalue weighted by atomic mass is 10.0. The standard InChI is InChI=1S/C12H16O4S/c1-3-5-11(13)8-10-7-4-6-9(2)12(10)17(14,15)16/h4,6-7H,3,5,8H2,1-2H3,(H,14,15,16). The van der Waals surface area contributed by atoms with Gasteiger partial charge in [-0.1, -0.05) is 25.1 Å². The molecule has 0 aromatic heterocycles. The van der Waals surface area contributed by atoms with Crippen molar-refractivity contribution < 1.29 is 17.8 Å². The molecule has 1 aromatic rings. The van der Waals surface area contributed by atoms with Gasteiger partial charge in [-0.15, -0.1) is 0 Å². The molecule has 0 saturated heterocycles. The molecule has 94 valence electrons. The van der Waals surface area contributed by atoms with Crippen LogP contribution in [0, 0.1) is 6.92 Å². The second kappa shape index (κ2) is 5.42. The molecule has 0 amide bonds. The van der Waals surface area contributed by atoms with Crippen molar-refractivity contribution in [2.24, 2.45) is 0 Å². The van der Waals surface area contributed by atoms with Gasteiger partial charge in [0, 0.05) is 12.8 Å². The van der Waals surface area contributed by atoms with Crippen LogP contribution in [0.5, 0.6) is 0 Å². The van der Waals surface area contributed by atoms with Crippen LogP contribution in [0.2, 0.25) is 0 Å². The van der Waals surface area contributed by atoms with Crippen LogP contribution in [0.1, 0.15) is 30.9 Å². The fourth-order valence-corrected chi connectivity index (χ4v) is 2.75. The Morgan fingerprint density at radius 2 is 2.00 bits per heavy atom. The molecule has 0 spiro atoms. The quantitative estimate of drug-likeness (QED) is 0.819. The maximum Gasteiger partial charge on any atom is 0.295 e. The zero-order valence-corrected chi connectivity index (χ0v) is 10.8. The number of rotatable bonds is 5. The molecule has 0 aliphatic carbocycles. The Kier molecular flexibility index (Phi) is 4.42. The summed E-state index contributed by atoms with van der Waals surface area (Å²) in [5.41, 5.74) is 0.820. The first kappa shape index (κ1) is 13.9.